The topological polar surface area (TPSA) is 33.0 Å². The van der Waals surface area contributed by atoms with Crippen LogP contribution in [0.3, 0.4) is 0 Å². The lowest BCUT2D eigenvalue weighted by Gasteiger charge is -2.25. The van der Waals surface area contributed by atoms with E-state index >= 15 is 0 Å². The maximum atomic E-state index is 9.04. The molecule has 0 N–H and O–H groups in total. The Morgan fingerprint density at radius 3 is 2.95 bits per heavy atom. The fraction of sp³-hybridized carbons (Fsp3) is 0.353. The summed E-state index contributed by atoms with van der Waals surface area (Å²) in [5.41, 5.74) is 2.79. The molecule has 0 radical (unpaired) electrons. The van der Waals surface area contributed by atoms with Gasteiger partial charge in [-0.3, -0.25) is 0 Å². The lowest BCUT2D eigenvalue weighted by atomic mass is 9.79. The molecule has 0 bridgehead atoms. The Balaban J connectivity index is 2.24. The van der Waals surface area contributed by atoms with E-state index in [1.165, 1.54) is 28.3 Å². The van der Waals surface area contributed by atoms with Gasteiger partial charge in [0.1, 0.15) is 5.75 Å². The average molecular weight is 251 g/mol. The lowest BCUT2D eigenvalue weighted by molar-refractivity contribution is 0.415. The summed E-state index contributed by atoms with van der Waals surface area (Å²) < 4.78 is 5.34. The number of ether oxygens (including phenoxy) is 1. The van der Waals surface area contributed by atoms with Gasteiger partial charge in [0.2, 0.25) is 0 Å². The molecule has 1 aliphatic rings. The summed E-state index contributed by atoms with van der Waals surface area (Å²) in [6.45, 7) is 0. The zero-order chi connectivity index (χ0) is 13.2. The van der Waals surface area contributed by atoms with E-state index in [0.29, 0.717) is 12.3 Å². The number of methoxy groups -OCH3 is 1. The minimum atomic E-state index is 0.379. The van der Waals surface area contributed by atoms with Crippen molar-refractivity contribution >= 4 is 10.8 Å². The van der Waals surface area contributed by atoms with Gasteiger partial charge in [-0.2, -0.15) is 5.26 Å². The van der Waals surface area contributed by atoms with Crippen molar-refractivity contribution in [3.63, 3.8) is 0 Å². The SMILES string of the molecule is COc1ccc2ccc3c(c2c1)C(CC#N)CCC3. The Hall–Kier alpha value is -2.01. The Kier molecular flexibility index (Phi) is 3.13. The molecule has 0 saturated carbocycles. The Morgan fingerprint density at radius 2 is 2.16 bits per heavy atom. The summed E-state index contributed by atoms with van der Waals surface area (Å²) in [5.74, 6) is 1.27. The van der Waals surface area contributed by atoms with Crippen LogP contribution in [-0.4, -0.2) is 7.11 Å². The number of nitriles is 1. The minimum absolute atomic E-state index is 0.379. The van der Waals surface area contributed by atoms with Gasteiger partial charge in [-0.05, 0) is 59.2 Å². The van der Waals surface area contributed by atoms with Crippen LogP contribution in [0.5, 0.6) is 5.75 Å². The second kappa shape index (κ2) is 4.93. The first-order chi connectivity index (χ1) is 9.33. The molecular formula is C17H17NO. The number of hydrogen-bond acceptors (Lipinski definition) is 2. The molecule has 2 nitrogen and oxygen atoms in total. The first kappa shape index (κ1) is 12.0. The third kappa shape index (κ3) is 2.06. The van der Waals surface area contributed by atoms with Gasteiger partial charge in [0.25, 0.3) is 0 Å². The first-order valence-corrected chi connectivity index (χ1v) is 6.80. The van der Waals surface area contributed by atoms with Crippen LogP contribution in [0.2, 0.25) is 0 Å². The van der Waals surface area contributed by atoms with Crippen molar-refractivity contribution in [3.8, 4) is 11.8 Å². The Labute approximate surface area is 113 Å². The molecule has 3 rings (SSSR count). The van der Waals surface area contributed by atoms with Crippen LogP contribution < -0.4 is 4.74 Å². The number of aryl methyl sites for hydroxylation is 1. The van der Waals surface area contributed by atoms with Crippen LogP contribution in [-0.2, 0) is 6.42 Å². The summed E-state index contributed by atoms with van der Waals surface area (Å²) >= 11 is 0. The van der Waals surface area contributed by atoms with Crippen LogP contribution in [0, 0.1) is 11.3 Å². The predicted molar refractivity (Wildman–Crippen MR) is 76.4 cm³/mol. The van der Waals surface area contributed by atoms with Gasteiger partial charge in [-0.1, -0.05) is 18.2 Å². The van der Waals surface area contributed by atoms with Gasteiger partial charge in [0.15, 0.2) is 0 Å². The molecular weight excluding hydrogens is 234 g/mol. The highest BCUT2D eigenvalue weighted by Gasteiger charge is 2.22. The summed E-state index contributed by atoms with van der Waals surface area (Å²) in [6.07, 6.45) is 4.05. The van der Waals surface area contributed by atoms with E-state index < -0.39 is 0 Å². The van der Waals surface area contributed by atoms with E-state index in [1.807, 2.05) is 6.07 Å². The quantitative estimate of drug-likeness (QED) is 0.802. The smallest absolute Gasteiger partial charge is 0.119 e. The highest BCUT2D eigenvalue weighted by molar-refractivity contribution is 5.88. The molecule has 1 unspecified atom stereocenters. The van der Waals surface area contributed by atoms with Gasteiger partial charge in [-0.25, -0.2) is 0 Å². The summed E-state index contributed by atoms with van der Waals surface area (Å²) in [6, 6.07) is 13.0. The largest absolute Gasteiger partial charge is 0.497 e. The molecule has 2 aromatic carbocycles. The highest BCUT2D eigenvalue weighted by Crippen LogP contribution is 2.39. The third-order valence-electron chi connectivity index (χ3n) is 4.11. The predicted octanol–water partition coefficient (Wildman–Crippen LogP) is 4.18. The van der Waals surface area contributed by atoms with Crippen LogP contribution in [0.4, 0.5) is 0 Å². The molecule has 1 aliphatic carbocycles. The Bertz CT molecular complexity index is 649. The monoisotopic (exact) mass is 251 g/mol. The van der Waals surface area contributed by atoms with Gasteiger partial charge in [-0.15, -0.1) is 0 Å². The molecule has 0 fully saturated rings. The summed E-state index contributed by atoms with van der Waals surface area (Å²) in [7, 11) is 1.70. The molecule has 1 atom stereocenters. The molecule has 2 heteroatoms. The van der Waals surface area contributed by atoms with Crippen molar-refractivity contribution in [1.29, 1.82) is 5.26 Å². The van der Waals surface area contributed by atoms with Crippen LogP contribution in [0.15, 0.2) is 30.3 Å². The van der Waals surface area contributed by atoms with Crippen LogP contribution in [0.1, 0.15) is 36.3 Å². The number of fused-ring (bicyclic) bond motifs is 3. The van der Waals surface area contributed by atoms with Crippen molar-refractivity contribution in [1.82, 2.24) is 0 Å². The second-order valence-electron chi connectivity index (χ2n) is 5.18. The van der Waals surface area contributed by atoms with Crippen LogP contribution in [0.25, 0.3) is 10.8 Å². The molecule has 0 amide bonds. The van der Waals surface area contributed by atoms with E-state index in [1.54, 1.807) is 7.11 Å². The molecule has 0 aliphatic heterocycles. The van der Waals surface area contributed by atoms with E-state index in [0.717, 1.165) is 18.6 Å². The van der Waals surface area contributed by atoms with Crippen molar-refractivity contribution in [2.75, 3.05) is 7.11 Å². The van der Waals surface area contributed by atoms with E-state index in [-0.39, 0.29) is 0 Å². The second-order valence-corrected chi connectivity index (χ2v) is 5.18. The first-order valence-electron chi connectivity index (χ1n) is 6.80. The number of benzene rings is 2. The normalized spacial score (nSPS) is 17.8. The molecule has 0 spiro atoms. The standard InChI is InChI=1S/C17H17NO/c1-19-15-8-7-12-5-6-13-3-2-4-14(9-10-18)17(13)16(12)11-15/h5-8,11,14H,2-4,9H2,1H3. The van der Waals surface area contributed by atoms with Crippen molar-refractivity contribution in [2.24, 2.45) is 0 Å². The van der Waals surface area contributed by atoms with Crippen LogP contribution >= 0.6 is 0 Å². The molecule has 96 valence electrons. The zero-order valence-corrected chi connectivity index (χ0v) is 11.1. The third-order valence-corrected chi connectivity index (χ3v) is 4.11. The average Bonchev–Trinajstić information content (AvgIpc) is 2.47. The maximum Gasteiger partial charge on any atom is 0.119 e. The number of nitrogens with zero attached hydrogens (tertiary/aromatic N) is 1. The molecule has 0 aromatic heterocycles. The van der Waals surface area contributed by atoms with Crippen molar-refractivity contribution in [2.45, 2.75) is 31.6 Å². The van der Waals surface area contributed by atoms with Crippen molar-refractivity contribution < 1.29 is 4.74 Å². The van der Waals surface area contributed by atoms with E-state index in [4.69, 9.17) is 10.00 Å². The molecule has 19 heavy (non-hydrogen) atoms. The number of rotatable bonds is 2. The number of hydrogen-bond donors (Lipinski definition) is 0. The molecule has 2 aromatic rings. The summed E-state index contributed by atoms with van der Waals surface area (Å²) in [4.78, 5) is 0. The van der Waals surface area contributed by atoms with Crippen molar-refractivity contribution in [3.05, 3.63) is 41.5 Å². The molecule has 0 heterocycles. The van der Waals surface area contributed by atoms with Gasteiger partial charge >= 0.3 is 0 Å². The minimum Gasteiger partial charge on any atom is -0.497 e. The maximum absolute atomic E-state index is 9.04. The zero-order valence-electron chi connectivity index (χ0n) is 11.1. The van der Waals surface area contributed by atoms with Gasteiger partial charge in [0, 0.05) is 6.42 Å². The molecule has 0 saturated heterocycles. The fourth-order valence-electron chi connectivity index (χ4n) is 3.19. The van der Waals surface area contributed by atoms with Gasteiger partial charge in [0.05, 0.1) is 13.2 Å². The summed E-state index contributed by atoms with van der Waals surface area (Å²) in [5, 5.41) is 11.5. The lowest BCUT2D eigenvalue weighted by Crippen LogP contribution is -2.10. The van der Waals surface area contributed by atoms with E-state index in [9.17, 15) is 0 Å². The fourth-order valence-corrected chi connectivity index (χ4v) is 3.19. The Morgan fingerprint density at radius 1 is 1.32 bits per heavy atom. The van der Waals surface area contributed by atoms with Gasteiger partial charge < -0.3 is 4.74 Å². The highest BCUT2D eigenvalue weighted by atomic mass is 16.5. The van der Waals surface area contributed by atoms with E-state index in [2.05, 4.69) is 30.3 Å².